The molecule has 1 amide bonds. The largest absolute Gasteiger partial charge is 0.449 e. The van der Waals surface area contributed by atoms with Gasteiger partial charge in [0.15, 0.2) is 0 Å². The SMILES string of the molecule is CCOC(=O)NS(=O)(=O)N(C)[C@H]1CNC[C@@H]1O. The number of carbonyl (C=O) groups excluding carboxylic acids is 1. The zero-order valence-electron chi connectivity index (χ0n) is 9.71. The molecule has 1 heterocycles. The van der Waals surface area contributed by atoms with Crippen LogP contribution in [0.4, 0.5) is 4.79 Å². The third-order valence-electron chi connectivity index (χ3n) is 2.49. The third-order valence-corrected chi connectivity index (χ3v) is 3.94. The monoisotopic (exact) mass is 267 g/mol. The molecule has 0 unspecified atom stereocenters. The van der Waals surface area contributed by atoms with Gasteiger partial charge in [0.1, 0.15) is 0 Å². The molecule has 0 aromatic heterocycles. The second-order valence-corrected chi connectivity index (χ2v) is 5.37. The summed E-state index contributed by atoms with van der Waals surface area (Å²) in [5.41, 5.74) is 0. The van der Waals surface area contributed by atoms with Crippen LogP contribution in [0.1, 0.15) is 6.92 Å². The molecular weight excluding hydrogens is 250 g/mol. The van der Waals surface area contributed by atoms with Crippen LogP contribution < -0.4 is 10.0 Å². The molecule has 1 aliphatic rings. The van der Waals surface area contributed by atoms with Crippen molar-refractivity contribution in [2.75, 3.05) is 26.7 Å². The van der Waals surface area contributed by atoms with Gasteiger partial charge >= 0.3 is 16.3 Å². The van der Waals surface area contributed by atoms with Crippen LogP contribution in [-0.2, 0) is 14.9 Å². The number of β-amino-alcohol motifs (C(OH)–C–C–N with tert-alkyl or cyclic N) is 1. The summed E-state index contributed by atoms with van der Waals surface area (Å²) in [6, 6.07) is -0.595. The fraction of sp³-hybridized carbons (Fsp3) is 0.875. The van der Waals surface area contributed by atoms with E-state index in [0.29, 0.717) is 13.1 Å². The van der Waals surface area contributed by atoms with Crippen LogP contribution in [0.5, 0.6) is 0 Å². The van der Waals surface area contributed by atoms with Gasteiger partial charge < -0.3 is 15.2 Å². The van der Waals surface area contributed by atoms with E-state index >= 15 is 0 Å². The Morgan fingerprint density at radius 2 is 2.24 bits per heavy atom. The Labute approximate surface area is 100 Å². The average Bonchev–Trinajstić information content (AvgIpc) is 2.62. The maximum atomic E-state index is 11.7. The number of hydrogen-bond donors (Lipinski definition) is 3. The molecule has 9 heteroatoms. The summed E-state index contributed by atoms with van der Waals surface area (Å²) >= 11 is 0. The first-order chi connectivity index (χ1) is 7.88. The van der Waals surface area contributed by atoms with Crippen molar-refractivity contribution in [3.63, 3.8) is 0 Å². The van der Waals surface area contributed by atoms with Crippen molar-refractivity contribution in [1.82, 2.24) is 14.3 Å². The maximum absolute atomic E-state index is 11.7. The van der Waals surface area contributed by atoms with Gasteiger partial charge in [-0.05, 0) is 6.92 Å². The Morgan fingerprint density at radius 1 is 1.59 bits per heavy atom. The van der Waals surface area contributed by atoms with E-state index in [0.717, 1.165) is 4.31 Å². The summed E-state index contributed by atoms with van der Waals surface area (Å²) in [6.07, 6.45) is -1.82. The van der Waals surface area contributed by atoms with Crippen LogP contribution in [0.2, 0.25) is 0 Å². The average molecular weight is 267 g/mol. The van der Waals surface area contributed by atoms with E-state index in [1.165, 1.54) is 7.05 Å². The van der Waals surface area contributed by atoms with Gasteiger partial charge in [-0.1, -0.05) is 0 Å². The zero-order valence-corrected chi connectivity index (χ0v) is 10.5. The van der Waals surface area contributed by atoms with Gasteiger partial charge in [-0.25, -0.2) is 9.52 Å². The minimum atomic E-state index is -3.99. The predicted octanol–water partition coefficient (Wildman–Crippen LogP) is -1.76. The summed E-state index contributed by atoms with van der Waals surface area (Å²) in [5, 5.41) is 12.4. The van der Waals surface area contributed by atoms with Gasteiger partial charge in [-0.3, -0.25) is 0 Å². The topological polar surface area (TPSA) is 108 Å². The molecule has 0 radical (unpaired) electrons. The van der Waals surface area contributed by atoms with E-state index in [-0.39, 0.29) is 6.61 Å². The summed E-state index contributed by atoms with van der Waals surface area (Å²) in [6.45, 7) is 2.31. The fourth-order valence-corrected chi connectivity index (χ4v) is 2.52. The molecular formula is C8H17N3O5S. The molecule has 0 spiro atoms. The van der Waals surface area contributed by atoms with Gasteiger partial charge in [0.25, 0.3) is 0 Å². The zero-order chi connectivity index (χ0) is 13.1. The van der Waals surface area contributed by atoms with Crippen molar-refractivity contribution in [1.29, 1.82) is 0 Å². The molecule has 0 aliphatic carbocycles. The van der Waals surface area contributed by atoms with Crippen LogP contribution >= 0.6 is 0 Å². The second kappa shape index (κ2) is 5.63. The van der Waals surface area contributed by atoms with Gasteiger partial charge in [0.05, 0.1) is 18.8 Å². The lowest BCUT2D eigenvalue weighted by Gasteiger charge is -2.25. The number of nitrogens with one attached hydrogen (secondary N) is 2. The Bertz CT molecular complexity index is 371. The van der Waals surface area contributed by atoms with Crippen LogP contribution in [0.25, 0.3) is 0 Å². The minimum Gasteiger partial charge on any atom is -0.449 e. The van der Waals surface area contributed by atoms with E-state index < -0.39 is 28.4 Å². The number of nitrogens with zero attached hydrogens (tertiary/aromatic N) is 1. The molecule has 1 aliphatic heterocycles. The van der Waals surface area contributed by atoms with Crippen molar-refractivity contribution in [3.05, 3.63) is 0 Å². The highest BCUT2D eigenvalue weighted by molar-refractivity contribution is 7.87. The van der Waals surface area contributed by atoms with Gasteiger partial charge in [0, 0.05) is 20.1 Å². The number of amides is 1. The lowest BCUT2D eigenvalue weighted by Crippen LogP contribution is -2.50. The molecule has 0 saturated carbocycles. The quantitative estimate of drug-likeness (QED) is 0.557. The lowest BCUT2D eigenvalue weighted by atomic mass is 10.2. The molecule has 1 saturated heterocycles. The first-order valence-corrected chi connectivity index (χ1v) is 6.63. The molecule has 0 aromatic carbocycles. The lowest BCUT2D eigenvalue weighted by molar-refractivity contribution is 0.134. The van der Waals surface area contributed by atoms with Crippen molar-refractivity contribution in [2.45, 2.75) is 19.1 Å². The molecule has 1 rings (SSSR count). The molecule has 3 N–H and O–H groups in total. The van der Waals surface area contributed by atoms with E-state index in [9.17, 15) is 18.3 Å². The second-order valence-electron chi connectivity index (χ2n) is 3.64. The van der Waals surface area contributed by atoms with Crippen molar-refractivity contribution in [3.8, 4) is 0 Å². The van der Waals surface area contributed by atoms with Crippen LogP contribution in [0, 0.1) is 0 Å². The maximum Gasteiger partial charge on any atom is 0.421 e. The highest BCUT2D eigenvalue weighted by Crippen LogP contribution is 2.10. The number of likely N-dealkylation sites (N-methyl/N-ethyl adjacent to an activating group) is 1. The number of rotatable bonds is 4. The number of hydrogen-bond acceptors (Lipinski definition) is 6. The Balaban J connectivity index is 2.66. The van der Waals surface area contributed by atoms with E-state index in [2.05, 4.69) is 10.1 Å². The van der Waals surface area contributed by atoms with E-state index in [1.807, 2.05) is 0 Å². The van der Waals surface area contributed by atoms with Gasteiger partial charge in [-0.15, -0.1) is 0 Å². The minimum absolute atomic E-state index is 0.0820. The first kappa shape index (κ1) is 14.2. The first-order valence-electron chi connectivity index (χ1n) is 5.19. The Morgan fingerprint density at radius 3 is 2.71 bits per heavy atom. The van der Waals surface area contributed by atoms with E-state index in [1.54, 1.807) is 11.6 Å². The molecule has 8 nitrogen and oxygen atoms in total. The number of ether oxygens (including phenoxy) is 1. The number of aliphatic hydroxyl groups is 1. The van der Waals surface area contributed by atoms with Gasteiger partial charge in [-0.2, -0.15) is 12.7 Å². The molecule has 1 fully saturated rings. The van der Waals surface area contributed by atoms with Crippen molar-refractivity contribution >= 4 is 16.3 Å². The van der Waals surface area contributed by atoms with Gasteiger partial charge in [0.2, 0.25) is 0 Å². The summed E-state index contributed by atoms with van der Waals surface area (Å²) in [5.74, 6) is 0. The van der Waals surface area contributed by atoms with Crippen LogP contribution in [0.3, 0.4) is 0 Å². The summed E-state index contributed by atoms with van der Waals surface area (Å²) in [4.78, 5) is 11.0. The van der Waals surface area contributed by atoms with Crippen LogP contribution in [0.15, 0.2) is 0 Å². The standard InChI is InChI=1S/C8H17N3O5S/c1-3-16-8(13)10-17(14,15)11(2)6-4-9-5-7(6)12/h6-7,9,12H,3-5H2,1-2H3,(H,10,13)/t6-,7-/m0/s1. The fourth-order valence-electron chi connectivity index (χ4n) is 1.54. The van der Waals surface area contributed by atoms with Crippen molar-refractivity contribution in [2.24, 2.45) is 0 Å². The highest BCUT2D eigenvalue weighted by atomic mass is 32.2. The normalized spacial score (nSPS) is 24.9. The highest BCUT2D eigenvalue weighted by Gasteiger charge is 2.35. The van der Waals surface area contributed by atoms with Crippen molar-refractivity contribution < 1.29 is 23.1 Å². The van der Waals surface area contributed by atoms with E-state index in [4.69, 9.17) is 0 Å². The predicted molar refractivity (Wildman–Crippen MR) is 59.5 cm³/mol. The molecule has 0 aromatic rings. The Kier molecular flexibility index (Phi) is 4.69. The smallest absolute Gasteiger partial charge is 0.421 e. The molecule has 17 heavy (non-hydrogen) atoms. The van der Waals surface area contributed by atoms with Crippen LogP contribution in [-0.4, -0.2) is 62.8 Å². The number of carbonyl (C=O) groups is 1. The summed E-state index contributed by atoms with van der Waals surface area (Å²) < 4.78 is 30.6. The number of aliphatic hydroxyl groups excluding tert-OH is 1. The molecule has 0 bridgehead atoms. The Hall–Kier alpha value is -0.900. The molecule has 2 atom stereocenters. The third kappa shape index (κ3) is 3.53. The summed E-state index contributed by atoms with van der Waals surface area (Å²) in [7, 11) is -2.70. The molecule has 100 valence electrons.